The standard InChI is InChI=1S/C15H25ClN2S/c1-3-15(2)6-9-18(10-7-15)11-8-17-12-13-4-5-14(16)19-13/h4-5,17H,3,6-12H2,1-2H3. The van der Waals surface area contributed by atoms with Gasteiger partial charge in [0.1, 0.15) is 0 Å². The third-order valence-corrected chi connectivity index (χ3v) is 5.68. The Kier molecular flexibility index (Phi) is 5.70. The summed E-state index contributed by atoms with van der Waals surface area (Å²) < 4.78 is 0.881. The van der Waals surface area contributed by atoms with Gasteiger partial charge in [-0.1, -0.05) is 31.9 Å². The summed E-state index contributed by atoms with van der Waals surface area (Å²) in [4.78, 5) is 3.91. The summed E-state index contributed by atoms with van der Waals surface area (Å²) in [6.45, 7) is 10.5. The van der Waals surface area contributed by atoms with E-state index in [1.807, 2.05) is 6.07 Å². The zero-order valence-corrected chi connectivity index (χ0v) is 13.6. The number of thiophene rings is 1. The minimum atomic E-state index is 0.595. The monoisotopic (exact) mass is 300 g/mol. The molecule has 0 bridgehead atoms. The van der Waals surface area contributed by atoms with E-state index in [9.17, 15) is 0 Å². The maximum atomic E-state index is 5.92. The van der Waals surface area contributed by atoms with Gasteiger partial charge < -0.3 is 10.2 Å². The Hall–Kier alpha value is -0.0900. The van der Waals surface area contributed by atoms with E-state index in [1.54, 1.807) is 11.3 Å². The average Bonchev–Trinajstić information content (AvgIpc) is 2.83. The van der Waals surface area contributed by atoms with Gasteiger partial charge in [-0.05, 0) is 43.5 Å². The molecule has 1 aliphatic rings. The lowest BCUT2D eigenvalue weighted by atomic mass is 9.78. The number of likely N-dealkylation sites (tertiary alicyclic amines) is 1. The van der Waals surface area contributed by atoms with Crippen molar-refractivity contribution in [3.8, 4) is 0 Å². The molecule has 1 fully saturated rings. The van der Waals surface area contributed by atoms with Crippen LogP contribution in [0.5, 0.6) is 0 Å². The Morgan fingerprint density at radius 2 is 2.11 bits per heavy atom. The van der Waals surface area contributed by atoms with Gasteiger partial charge in [0.05, 0.1) is 4.34 Å². The predicted molar refractivity (Wildman–Crippen MR) is 85.1 cm³/mol. The fourth-order valence-corrected chi connectivity index (χ4v) is 3.62. The van der Waals surface area contributed by atoms with Gasteiger partial charge in [0, 0.05) is 24.5 Å². The first-order valence-electron chi connectivity index (χ1n) is 7.29. The Labute approximate surface area is 126 Å². The minimum Gasteiger partial charge on any atom is -0.311 e. The Morgan fingerprint density at radius 3 is 2.68 bits per heavy atom. The normalized spacial score (nSPS) is 19.7. The zero-order valence-electron chi connectivity index (χ0n) is 12.0. The summed E-state index contributed by atoms with van der Waals surface area (Å²) in [5.74, 6) is 0. The smallest absolute Gasteiger partial charge is 0.0931 e. The van der Waals surface area contributed by atoms with Crippen LogP contribution < -0.4 is 5.32 Å². The van der Waals surface area contributed by atoms with Crippen LogP contribution in [0.25, 0.3) is 0 Å². The average molecular weight is 301 g/mol. The molecule has 1 N–H and O–H groups in total. The van der Waals surface area contributed by atoms with E-state index in [0.717, 1.165) is 17.4 Å². The highest BCUT2D eigenvalue weighted by Gasteiger charge is 2.27. The lowest BCUT2D eigenvalue weighted by Crippen LogP contribution is -2.41. The van der Waals surface area contributed by atoms with Crippen LogP contribution in [-0.4, -0.2) is 31.1 Å². The summed E-state index contributed by atoms with van der Waals surface area (Å²) in [5, 5.41) is 3.51. The van der Waals surface area contributed by atoms with Gasteiger partial charge in [0.2, 0.25) is 0 Å². The third kappa shape index (κ3) is 4.75. The fourth-order valence-electron chi connectivity index (χ4n) is 2.57. The van der Waals surface area contributed by atoms with Crippen LogP contribution in [0.2, 0.25) is 4.34 Å². The van der Waals surface area contributed by atoms with Crippen LogP contribution in [0.1, 0.15) is 38.0 Å². The van der Waals surface area contributed by atoms with Crippen LogP contribution in [-0.2, 0) is 6.54 Å². The first-order valence-corrected chi connectivity index (χ1v) is 8.48. The molecule has 0 spiro atoms. The van der Waals surface area contributed by atoms with Gasteiger partial charge in [0.15, 0.2) is 0 Å². The minimum absolute atomic E-state index is 0.595. The molecule has 0 unspecified atom stereocenters. The van der Waals surface area contributed by atoms with E-state index in [0.29, 0.717) is 5.41 Å². The molecule has 1 aromatic heterocycles. The second-order valence-electron chi connectivity index (χ2n) is 5.89. The molecule has 2 rings (SSSR count). The number of halogens is 1. The summed E-state index contributed by atoms with van der Waals surface area (Å²) in [6.07, 6.45) is 4.02. The maximum absolute atomic E-state index is 5.92. The van der Waals surface area contributed by atoms with Crippen molar-refractivity contribution < 1.29 is 0 Å². The molecule has 108 valence electrons. The lowest BCUT2D eigenvalue weighted by molar-refractivity contribution is 0.115. The third-order valence-electron chi connectivity index (χ3n) is 4.45. The summed E-state index contributed by atoms with van der Waals surface area (Å²) >= 11 is 7.58. The van der Waals surface area contributed by atoms with Gasteiger partial charge in [-0.25, -0.2) is 0 Å². The molecule has 0 saturated carbocycles. The van der Waals surface area contributed by atoms with E-state index < -0.39 is 0 Å². The van der Waals surface area contributed by atoms with Crippen molar-refractivity contribution in [2.24, 2.45) is 5.41 Å². The molecule has 0 radical (unpaired) electrons. The molecular formula is C15H25ClN2S. The lowest BCUT2D eigenvalue weighted by Gasteiger charge is -2.38. The molecule has 2 heterocycles. The largest absolute Gasteiger partial charge is 0.311 e. The maximum Gasteiger partial charge on any atom is 0.0931 e. The molecule has 1 aromatic rings. The van der Waals surface area contributed by atoms with Crippen LogP contribution in [0.4, 0.5) is 0 Å². The van der Waals surface area contributed by atoms with E-state index >= 15 is 0 Å². The van der Waals surface area contributed by atoms with Gasteiger partial charge >= 0.3 is 0 Å². The number of nitrogens with one attached hydrogen (secondary N) is 1. The van der Waals surface area contributed by atoms with Crippen LogP contribution in [0, 0.1) is 5.41 Å². The summed E-state index contributed by atoms with van der Waals surface area (Å²) in [7, 11) is 0. The SMILES string of the molecule is CCC1(C)CCN(CCNCc2ccc(Cl)s2)CC1. The highest BCUT2D eigenvalue weighted by molar-refractivity contribution is 7.16. The van der Waals surface area contributed by atoms with Crippen molar-refractivity contribution in [2.75, 3.05) is 26.2 Å². The molecule has 1 saturated heterocycles. The molecule has 0 aromatic carbocycles. The second kappa shape index (κ2) is 7.07. The van der Waals surface area contributed by atoms with Crippen molar-refractivity contribution in [3.63, 3.8) is 0 Å². The fraction of sp³-hybridized carbons (Fsp3) is 0.733. The highest BCUT2D eigenvalue weighted by atomic mass is 35.5. The number of nitrogens with zero attached hydrogens (tertiary/aromatic N) is 1. The number of rotatable bonds is 6. The van der Waals surface area contributed by atoms with Crippen LogP contribution in [0.3, 0.4) is 0 Å². The molecule has 2 nitrogen and oxygen atoms in total. The van der Waals surface area contributed by atoms with E-state index in [1.165, 1.54) is 43.8 Å². The molecule has 0 aliphatic carbocycles. The van der Waals surface area contributed by atoms with Gasteiger partial charge in [0.25, 0.3) is 0 Å². The van der Waals surface area contributed by atoms with Crippen molar-refractivity contribution in [1.82, 2.24) is 10.2 Å². The molecular weight excluding hydrogens is 276 g/mol. The van der Waals surface area contributed by atoms with Crippen molar-refractivity contribution in [3.05, 3.63) is 21.3 Å². The Morgan fingerprint density at radius 1 is 1.37 bits per heavy atom. The molecule has 19 heavy (non-hydrogen) atoms. The first-order chi connectivity index (χ1) is 9.11. The van der Waals surface area contributed by atoms with Gasteiger partial charge in [-0.3, -0.25) is 0 Å². The van der Waals surface area contributed by atoms with E-state index in [-0.39, 0.29) is 0 Å². The quantitative estimate of drug-likeness (QED) is 0.799. The summed E-state index contributed by atoms with van der Waals surface area (Å²) in [6, 6.07) is 4.08. The van der Waals surface area contributed by atoms with Crippen LogP contribution >= 0.6 is 22.9 Å². The second-order valence-corrected chi connectivity index (χ2v) is 7.69. The predicted octanol–water partition coefficient (Wildman–Crippen LogP) is 4.00. The van der Waals surface area contributed by atoms with Crippen molar-refractivity contribution in [1.29, 1.82) is 0 Å². The topological polar surface area (TPSA) is 15.3 Å². The van der Waals surface area contributed by atoms with E-state index in [2.05, 4.69) is 30.1 Å². The molecule has 0 atom stereocenters. The van der Waals surface area contributed by atoms with Crippen LogP contribution in [0.15, 0.2) is 12.1 Å². The molecule has 4 heteroatoms. The zero-order chi connectivity index (χ0) is 13.7. The first kappa shape index (κ1) is 15.3. The van der Waals surface area contributed by atoms with E-state index in [4.69, 9.17) is 11.6 Å². The summed E-state index contributed by atoms with van der Waals surface area (Å²) in [5.41, 5.74) is 0.595. The van der Waals surface area contributed by atoms with Gasteiger partial charge in [-0.2, -0.15) is 0 Å². The Bertz CT molecular complexity index is 383. The molecule has 1 aliphatic heterocycles. The van der Waals surface area contributed by atoms with Gasteiger partial charge in [-0.15, -0.1) is 11.3 Å². The van der Waals surface area contributed by atoms with Crippen molar-refractivity contribution >= 4 is 22.9 Å². The highest BCUT2D eigenvalue weighted by Crippen LogP contribution is 2.33. The Balaban J connectivity index is 1.59. The number of hydrogen-bond acceptors (Lipinski definition) is 3. The number of piperidine rings is 1. The molecule has 0 amide bonds. The van der Waals surface area contributed by atoms with Crippen molar-refractivity contribution in [2.45, 2.75) is 39.7 Å². The number of hydrogen-bond donors (Lipinski definition) is 1.